The van der Waals surface area contributed by atoms with Crippen molar-refractivity contribution in [2.24, 2.45) is 0 Å². The van der Waals surface area contributed by atoms with Crippen molar-refractivity contribution in [1.82, 2.24) is 14.5 Å². The second-order valence-corrected chi connectivity index (χ2v) is 6.22. The number of anilines is 1. The number of hydrogen-bond acceptors (Lipinski definition) is 6. The van der Waals surface area contributed by atoms with Gasteiger partial charge in [-0.1, -0.05) is 0 Å². The molecule has 3 heterocycles. The Morgan fingerprint density at radius 3 is 2.95 bits per heavy atom. The van der Waals surface area contributed by atoms with Gasteiger partial charge in [0.2, 0.25) is 0 Å². The summed E-state index contributed by atoms with van der Waals surface area (Å²) in [6.07, 6.45) is 3.40. The summed E-state index contributed by atoms with van der Waals surface area (Å²) in [4.78, 5) is 23.6. The van der Waals surface area contributed by atoms with E-state index in [1.165, 1.54) is 0 Å². The van der Waals surface area contributed by atoms with Crippen molar-refractivity contribution in [3.63, 3.8) is 0 Å². The minimum Gasteiger partial charge on any atom is -0.383 e. The quantitative estimate of drug-likeness (QED) is 0.854. The van der Waals surface area contributed by atoms with Crippen LogP contribution in [-0.4, -0.2) is 42.3 Å². The first-order chi connectivity index (χ1) is 10.6. The van der Waals surface area contributed by atoms with Gasteiger partial charge in [0.05, 0.1) is 36.3 Å². The highest BCUT2D eigenvalue weighted by Gasteiger charge is 2.25. The molecule has 0 N–H and O–H groups in total. The maximum atomic E-state index is 12.6. The van der Waals surface area contributed by atoms with Crippen LogP contribution in [0.2, 0.25) is 0 Å². The zero-order chi connectivity index (χ0) is 15.7. The molecule has 0 amide bonds. The molecule has 2 aromatic heterocycles. The van der Waals surface area contributed by atoms with Gasteiger partial charge in [0.25, 0.3) is 5.56 Å². The molecule has 0 saturated heterocycles. The van der Waals surface area contributed by atoms with Gasteiger partial charge in [0.1, 0.15) is 5.03 Å². The minimum absolute atomic E-state index is 0.00811. The van der Waals surface area contributed by atoms with Gasteiger partial charge >= 0.3 is 0 Å². The van der Waals surface area contributed by atoms with Crippen LogP contribution in [0.25, 0.3) is 11.3 Å². The van der Waals surface area contributed by atoms with Crippen molar-refractivity contribution in [1.29, 1.82) is 0 Å². The number of nitrogens with zero attached hydrogens (tertiary/aromatic N) is 4. The average molecular weight is 318 g/mol. The predicted molar refractivity (Wildman–Crippen MR) is 87.5 cm³/mol. The third-order valence-electron chi connectivity index (χ3n) is 3.63. The number of ether oxygens (including phenoxy) is 1. The van der Waals surface area contributed by atoms with Gasteiger partial charge < -0.3 is 9.64 Å². The van der Waals surface area contributed by atoms with Gasteiger partial charge in [0.15, 0.2) is 0 Å². The lowest BCUT2D eigenvalue weighted by Gasteiger charge is -2.23. The van der Waals surface area contributed by atoms with Crippen LogP contribution in [-0.2, 0) is 17.0 Å². The molecular formula is C15H18N4O2S. The maximum Gasteiger partial charge on any atom is 0.258 e. The maximum absolute atomic E-state index is 12.6. The summed E-state index contributed by atoms with van der Waals surface area (Å²) < 4.78 is 6.65. The third-order valence-corrected chi connectivity index (χ3v) is 4.65. The van der Waals surface area contributed by atoms with Crippen molar-refractivity contribution >= 4 is 17.4 Å². The Labute approximate surface area is 133 Å². The van der Waals surface area contributed by atoms with Crippen LogP contribution in [0.5, 0.6) is 0 Å². The molecule has 0 aromatic carbocycles. The molecule has 116 valence electrons. The summed E-state index contributed by atoms with van der Waals surface area (Å²) in [5.41, 5.74) is 3.49. The van der Waals surface area contributed by atoms with E-state index in [9.17, 15) is 4.79 Å². The van der Waals surface area contributed by atoms with E-state index in [0.29, 0.717) is 18.9 Å². The fourth-order valence-electron chi connectivity index (χ4n) is 2.51. The van der Waals surface area contributed by atoms with Crippen molar-refractivity contribution < 1.29 is 4.74 Å². The molecule has 1 aliphatic rings. The second kappa shape index (κ2) is 6.10. The normalized spacial score (nSPS) is 12.7. The Kier molecular flexibility index (Phi) is 4.17. The molecule has 0 saturated carbocycles. The molecule has 0 aliphatic carbocycles. The Morgan fingerprint density at radius 1 is 1.41 bits per heavy atom. The van der Waals surface area contributed by atoms with Crippen LogP contribution >= 0.6 is 11.8 Å². The number of rotatable bonds is 4. The van der Waals surface area contributed by atoms with E-state index in [1.807, 2.05) is 25.1 Å². The Bertz CT molecular complexity index is 758. The molecule has 6 nitrogen and oxygen atoms in total. The monoisotopic (exact) mass is 318 g/mol. The molecule has 2 aromatic rings. The smallest absolute Gasteiger partial charge is 0.258 e. The Hall–Kier alpha value is -1.86. The Morgan fingerprint density at radius 2 is 2.23 bits per heavy atom. The van der Waals surface area contributed by atoms with Crippen LogP contribution in [0.4, 0.5) is 5.69 Å². The van der Waals surface area contributed by atoms with E-state index in [0.717, 1.165) is 27.5 Å². The number of pyridine rings is 1. The minimum atomic E-state index is 0.00811. The molecule has 0 radical (unpaired) electrons. The fraction of sp³-hybridized carbons (Fsp3) is 0.400. The van der Waals surface area contributed by atoms with Crippen molar-refractivity contribution in [3.8, 4) is 11.3 Å². The molecular weight excluding hydrogens is 300 g/mol. The van der Waals surface area contributed by atoms with Crippen LogP contribution in [0, 0.1) is 0 Å². The second-order valence-electron chi connectivity index (χ2n) is 5.26. The van der Waals surface area contributed by atoms with Gasteiger partial charge in [-0.05, 0) is 6.07 Å². The zero-order valence-electron chi connectivity index (χ0n) is 12.9. The van der Waals surface area contributed by atoms with E-state index in [-0.39, 0.29) is 5.56 Å². The van der Waals surface area contributed by atoms with Crippen LogP contribution in [0.15, 0.2) is 28.4 Å². The highest BCUT2D eigenvalue weighted by Crippen LogP contribution is 2.42. The lowest BCUT2D eigenvalue weighted by Crippen LogP contribution is -2.28. The van der Waals surface area contributed by atoms with Gasteiger partial charge in [-0.25, -0.2) is 9.97 Å². The summed E-state index contributed by atoms with van der Waals surface area (Å²) in [5.74, 6) is 0.603. The number of fused-ring (bicyclic) bond motifs is 3. The molecule has 22 heavy (non-hydrogen) atoms. The largest absolute Gasteiger partial charge is 0.383 e. The lowest BCUT2D eigenvalue weighted by molar-refractivity contribution is 0.186. The van der Waals surface area contributed by atoms with Crippen LogP contribution in [0.1, 0.15) is 5.56 Å². The first-order valence-electron chi connectivity index (χ1n) is 7.00. The van der Waals surface area contributed by atoms with Gasteiger partial charge in [-0.15, -0.1) is 11.8 Å². The van der Waals surface area contributed by atoms with Crippen LogP contribution < -0.4 is 10.5 Å². The summed E-state index contributed by atoms with van der Waals surface area (Å²) >= 11 is 1.59. The van der Waals surface area contributed by atoms with Crippen molar-refractivity contribution in [3.05, 3.63) is 34.5 Å². The average Bonchev–Trinajstić information content (AvgIpc) is 2.53. The predicted octanol–water partition coefficient (Wildman–Crippen LogP) is 1.62. The van der Waals surface area contributed by atoms with E-state index in [2.05, 4.69) is 9.97 Å². The third kappa shape index (κ3) is 2.50. The van der Waals surface area contributed by atoms with E-state index in [1.54, 1.807) is 36.0 Å². The standard InChI is InChI=1S/C15H18N4O2S/c1-18(2)11-4-5-16-14-12(11)13-10(8-22-14)15(20)19(9-17-13)6-7-21-3/h4-5,9H,6-8H2,1-3H3. The highest BCUT2D eigenvalue weighted by molar-refractivity contribution is 7.98. The van der Waals surface area contributed by atoms with Crippen LogP contribution in [0.3, 0.4) is 0 Å². The summed E-state index contributed by atoms with van der Waals surface area (Å²) in [6.45, 7) is 1.01. The molecule has 0 spiro atoms. The Balaban J connectivity index is 2.16. The van der Waals surface area contributed by atoms with E-state index >= 15 is 0 Å². The topological polar surface area (TPSA) is 60.3 Å². The molecule has 0 unspecified atom stereocenters. The first kappa shape index (κ1) is 15.1. The summed E-state index contributed by atoms with van der Waals surface area (Å²) in [7, 11) is 5.58. The van der Waals surface area contributed by atoms with E-state index in [4.69, 9.17) is 4.74 Å². The molecule has 0 atom stereocenters. The number of hydrogen-bond donors (Lipinski definition) is 0. The van der Waals surface area contributed by atoms with Gasteiger partial charge in [0, 0.05) is 38.8 Å². The first-order valence-corrected chi connectivity index (χ1v) is 7.98. The highest BCUT2D eigenvalue weighted by atomic mass is 32.2. The van der Waals surface area contributed by atoms with Crippen molar-refractivity contribution in [2.75, 3.05) is 32.7 Å². The summed E-state index contributed by atoms with van der Waals surface area (Å²) in [5, 5.41) is 0.931. The van der Waals surface area contributed by atoms with Gasteiger partial charge in [-0.2, -0.15) is 0 Å². The number of aromatic nitrogens is 3. The van der Waals surface area contributed by atoms with E-state index < -0.39 is 0 Å². The SMILES string of the molecule is COCCn1cnc2c(c1=O)CSc1nccc(N(C)C)c1-2. The van der Waals surface area contributed by atoms with Crippen molar-refractivity contribution in [2.45, 2.75) is 17.3 Å². The molecule has 1 aliphatic heterocycles. The number of thioether (sulfide) groups is 1. The molecule has 0 fully saturated rings. The fourth-order valence-corrected chi connectivity index (χ4v) is 3.53. The molecule has 7 heteroatoms. The zero-order valence-corrected chi connectivity index (χ0v) is 13.7. The lowest BCUT2D eigenvalue weighted by atomic mass is 10.1. The summed E-state index contributed by atoms with van der Waals surface area (Å²) in [6, 6.07) is 1.95. The van der Waals surface area contributed by atoms with Gasteiger partial charge in [-0.3, -0.25) is 9.36 Å². The number of methoxy groups -OCH3 is 1. The molecule has 3 rings (SSSR count). The molecule has 0 bridgehead atoms.